The number of fused-ring (bicyclic) bond motifs is 6. The summed E-state index contributed by atoms with van der Waals surface area (Å²) < 4.78 is 76.4. The molecule has 4 heterocycles. The Morgan fingerprint density at radius 3 is 2.15 bits per heavy atom. The maximum absolute atomic E-state index is 14.9. The molecule has 0 unspecified atom stereocenters. The van der Waals surface area contributed by atoms with Crippen molar-refractivity contribution in [3.63, 3.8) is 0 Å². The fourth-order valence-corrected chi connectivity index (χ4v) is 12.4. The Hall–Kier alpha value is -4.85. The summed E-state index contributed by atoms with van der Waals surface area (Å²) in [6, 6.07) is 19.9. The van der Waals surface area contributed by atoms with Gasteiger partial charge in [0.15, 0.2) is 6.10 Å². The van der Waals surface area contributed by atoms with Crippen LogP contribution in [0.1, 0.15) is 145 Å². The van der Waals surface area contributed by atoms with E-state index in [0.29, 0.717) is 43.4 Å². The van der Waals surface area contributed by atoms with E-state index in [1.807, 2.05) is 80.6 Å². The number of cyclic esters (lactones) is 1. The van der Waals surface area contributed by atoms with Crippen molar-refractivity contribution in [2.24, 2.45) is 5.41 Å². The molecule has 0 N–H and O–H groups in total. The predicted octanol–water partition coefficient (Wildman–Crippen LogP) is 13.6. The van der Waals surface area contributed by atoms with Crippen LogP contribution in [0.4, 0.5) is 0 Å². The number of methoxy groups -OCH3 is 3. The van der Waals surface area contributed by atoms with Crippen molar-refractivity contribution in [1.29, 1.82) is 0 Å². The molecule has 4 aliphatic heterocycles. The molecule has 7 rings (SSSR count). The molecule has 0 radical (unpaired) electrons. The molecule has 460 valence electrons. The van der Waals surface area contributed by atoms with Gasteiger partial charge in [-0.25, -0.2) is 9.59 Å². The highest BCUT2D eigenvalue weighted by Gasteiger charge is 2.59. The highest BCUT2D eigenvalue weighted by Crippen LogP contribution is 2.49. The number of unbranched alkanes of at least 4 members (excludes halogenated alkanes) is 4. The van der Waals surface area contributed by atoms with Gasteiger partial charge in [-0.2, -0.15) is 0 Å². The minimum absolute atomic E-state index is 0.0123. The number of hydrogen-bond donors (Lipinski definition) is 0. The Balaban J connectivity index is 1.28. The van der Waals surface area contributed by atoms with E-state index in [1.54, 1.807) is 14.0 Å². The molecule has 4 aliphatic rings. The Labute approximate surface area is 510 Å². The third kappa shape index (κ3) is 19.1. The van der Waals surface area contributed by atoms with Gasteiger partial charge >= 0.3 is 23.9 Å². The van der Waals surface area contributed by atoms with E-state index in [4.69, 9.17) is 91.6 Å². The summed E-state index contributed by atoms with van der Waals surface area (Å²) in [5.41, 5.74) is 1.93. The molecular weight excluding hydrogens is 1140 g/mol. The number of halogens is 3. The lowest BCUT2D eigenvalue weighted by Crippen LogP contribution is -2.63. The number of carbonyl (C=O) groups excluding carboxylic acids is 4. The van der Waals surface area contributed by atoms with E-state index >= 15 is 0 Å². The number of benzene rings is 3. The number of esters is 4. The van der Waals surface area contributed by atoms with Crippen LogP contribution in [0.15, 0.2) is 103 Å². The predicted molar refractivity (Wildman–Crippen MR) is 318 cm³/mol. The molecule has 3 fully saturated rings. The van der Waals surface area contributed by atoms with Crippen LogP contribution >= 0.6 is 34.8 Å². The third-order valence-electron chi connectivity index (χ3n) is 15.9. The minimum atomic E-state index is -1.80. The summed E-state index contributed by atoms with van der Waals surface area (Å²) in [7, 11) is 4.34. The Bertz CT molecular complexity index is 2690. The van der Waals surface area contributed by atoms with Crippen molar-refractivity contribution in [3.05, 3.63) is 134 Å². The molecule has 6 bridgehead atoms. The first-order valence-corrected chi connectivity index (χ1v) is 30.3. The SMILES string of the molecule is C=C1C[C@H]2C[C@H]3C[C@@H](OC(=O)c4c(Cl)cc(Cl)cc4Cl)C[C@@H](C[C@@H](OCc4ccc(OC)cc4)CC(=O)O[C@@H]([C@@H](C)OCOCc4ccccc4)C[C@@H]4C/C(=C\C(=O)OC)[C@H](OC(=O)CCCCCCC)[C@@](OC)(O4)C(C)(C)/C=C/[C@@H](C1)O2)O3. The fourth-order valence-electron chi connectivity index (χ4n) is 11.5. The zero-order valence-corrected chi connectivity index (χ0v) is 51.7. The third-order valence-corrected chi connectivity index (χ3v) is 16.7. The van der Waals surface area contributed by atoms with Crippen LogP contribution in [0.3, 0.4) is 0 Å². The summed E-state index contributed by atoms with van der Waals surface area (Å²) in [5, 5.41) is 0.360. The summed E-state index contributed by atoms with van der Waals surface area (Å²) in [6.07, 6.45) is 4.48. The van der Waals surface area contributed by atoms with Gasteiger partial charge in [0.2, 0.25) is 5.79 Å². The van der Waals surface area contributed by atoms with Crippen molar-refractivity contribution < 1.29 is 76.0 Å². The molecule has 0 amide bonds. The van der Waals surface area contributed by atoms with E-state index < -0.39 is 90.0 Å². The van der Waals surface area contributed by atoms with Crippen LogP contribution in [0.5, 0.6) is 5.75 Å². The van der Waals surface area contributed by atoms with Gasteiger partial charge in [-0.05, 0) is 73.6 Å². The second-order valence-electron chi connectivity index (χ2n) is 22.8. The van der Waals surface area contributed by atoms with E-state index in [1.165, 1.54) is 32.4 Å². The molecule has 16 nitrogen and oxygen atoms in total. The van der Waals surface area contributed by atoms with Gasteiger partial charge in [-0.15, -0.1) is 0 Å². The van der Waals surface area contributed by atoms with Crippen molar-refractivity contribution in [2.45, 2.75) is 204 Å². The normalized spacial score (nSPS) is 27.8. The topological polar surface area (TPSA) is 179 Å². The Morgan fingerprint density at radius 2 is 1.46 bits per heavy atom. The smallest absolute Gasteiger partial charge is 0.341 e. The summed E-state index contributed by atoms with van der Waals surface area (Å²) >= 11 is 19.3. The van der Waals surface area contributed by atoms with Crippen LogP contribution in [0, 0.1) is 5.41 Å². The van der Waals surface area contributed by atoms with Crippen LogP contribution in [-0.4, -0.2) is 119 Å². The number of hydrogen-bond acceptors (Lipinski definition) is 16. The van der Waals surface area contributed by atoms with Gasteiger partial charge in [0.1, 0.15) is 24.8 Å². The van der Waals surface area contributed by atoms with Crippen LogP contribution in [-0.2, 0) is 79.7 Å². The van der Waals surface area contributed by atoms with Crippen molar-refractivity contribution in [3.8, 4) is 5.75 Å². The first kappa shape index (κ1) is 66.7. The molecule has 3 saturated heterocycles. The van der Waals surface area contributed by atoms with Crippen molar-refractivity contribution >= 4 is 58.7 Å². The summed E-state index contributed by atoms with van der Waals surface area (Å²) in [6.45, 7) is 12.4. The highest BCUT2D eigenvalue weighted by atomic mass is 35.5. The lowest BCUT2D eigenvalue weighted by atomic mass is 9.73. The molecule has 3 aromatic rings. The largest absolute Gasteiger partial charge is 0.497 e. The van der Waals surface area contributed by atoms with Crippen LogP contribution in [0.2, 0.25) is 15.1 Å². The Morgan fingerprint density at radius 1 is 0.774 bits per heavy atom. The lowest BCUT2D eigenvalue weighted by Gasteiger charge is -2.53. The highest BCUT2D eigenvalue weighted by molar-refractivity contribution is 6.41. The van der Waals surface area contributed by atoms with Gasteiger partial charge in [0.25, 0.3) is 0 Å². The molecule has 19 heteroatoms. The van der Waals surface area contributed by atoms with E-state index in [0.717, 1.165) is 42.4 Å². The molecule has 11 atom stereocenters. The zero-order valence-electron chi connectivity index (χ0n) is 49.5. The molecule has 0 aromatic heterocycles. The molecule has 0 saturated carbocycles. The molecule has 0 spiro atoms. The summed E-state index contributed by atoms with van der Waals surface area (Å²) in [5.74, 6) is -3.63. The van der Waals surface area contributed by atoms with Gasteiger partial charge < -0.3 is 56.8 Å². The van der Waals surface area contributed by atoms with Crippen molar-refractivity contribution in [1.82, 2.24) is 0 Å². The molecule has 0 aliphatic carbocycles. The number of carbonyl (C=O) groups is 4. The van der Waals surface area contributed by atoms with E-state index in [-0.39, 0.29) is 85.3 Å². The van der Waals surface area contributed by atoms with Gasteiger partial charge in [-0.3, -0.25) is 9.59 Å². The fraction of sp³-hybridized carbons (Fsp3) is 0.569. The second kappa shape index (κ2) is 32.2. The second-order valence-corrected chi connectivity index (χ2v) is 24.0. The zero-order chi connectivity index (χ0) is 60.4. The lowest BCUT2D eigenvalue weighted by molar-refractivity contribution is -0.338. The maximum atomic E-state index is 14.9. The number of ether oxygens (including phenoxy) is 12. The standard InChI is InChI=1S/C65H83Cl3O16/c1-9-10-11-12-16-19-58(69)83-62-45(29-59(70)74-7)28-54-36-57(42(3)78-40-76-38-43-17-14-13-15-18-43)82-60(71)37-49(77-39-44-20-22-47(73-6)23-21-44)32-51-34-53(81-63(72)61-55(67)30-46(66)31-56(61)68)35-52(80-51)33-50-27-41(2)26-48(79-50)24-25-64(4,5)65(62,75-8)84-54/h13-15,17-18,20-25,29-31,42,48-54,57,62H,2,9-12,16,19,26-28,32-40H2,1,3-8H3/b25-24+,45-29+/t42-,48+,49-,50+,51-,52+,53+,54+,57-,62+,65-/m1/s1. The summed E-state index contributed by atoms with van der Waals surface area (Å²) in [4.78, 5) is 56.3. The van der Waals surface area contributed by atoms with Crippen LogP contribution in [0.25, 0.3) is 0 Å². The molecule has 84 heavy (non-hydrogen) atoms. The van der Waals surface area contributed by atoms with Gasteiger partial charge in [-0.1, -0.05) is 148 Å². The quantitative estimate of drug-likeness (QED) is 0.0245. The van der Waals surface area contributed by atoms with E-state index in [9.17, 15) is 19.2 Å². The maximum Gasteiger partial charge on any atom is 0.341 e. The first-order valence-electron chi connectivity index (χ1n) is 29.2. The average Bonchev–Trinajstić information content (AvgIpc) is 1.13. The number of rotatable bonds is 21. The first-order chi connectivity index (χ1) is 40.3. The van der Waals surface area contributed by atoms with E-state index in [2.05, 4.69) is 13.5 Å². The van der Waals surface area contributed by atoms with Crippen molar-refractivity contribution in [2.75, 3.05) is 28.1 Å². The van der Waals surface area contributed by atoms with Gasteiger partial charge in [0, 0.05) is 62.1 Å². The molecule has 3 aromatic carbocycles. The monoisotopic (exact) mass is 1220 g/mol. The van der Waals surface area contributed by atoms with Gasteiger partial charge in [0.05, 0.1) is 92.2 Å². The molecular formula is C65H83Cl3O16. The minimum Gasteiger partial charge on any atom is -0.497 e. The Kier molecular flexibility index (Phi) is 25.6. The average molecular weight is 1230 g/mol. The van der Waals surface area contributed by atoms with Crippen LogP contribution < -0.4 is 4.74 Å².